The molecule has 0 saturated heterocycles. The molecule has 0 aromatic carbocycles. The minimum Gasteiger partial charge on any atom is -0.239 e. The molecule has 0 aliphatic rings. The minimum atomic E-state index is 0.274. The highest BCUT2D eigenvalue weighted by Crippen LogP contribution is 2.22. The van der Waals surface area contributed by atoms with Gasteiger partial charge in [0.15, 0.2) is 0 Å². The number of halogens is 2. The van der Waals surface area contributed by atoms with Crippen LogP contribution >= 0.6 is 31.9 Å². The third-order valence-corrected chi connectivity index (χ3v) is 2.75. The van der Waals surface area contributed by atoms with Gasteiger partial charge in [0.25, 0.3) is 0 Å². The number of alkyl halides is 1. The number of rotatable bonds is 2. The molecule has 1 rings (SSSR count). The molecule has 1 atom stereocenters. The van der Waals surface area contributed by atoms with Crippen molar-refractivity contribution in [3.8, 4) is 0 Å². The van der Waals surface area contributed by atoms with Gasteiger partial charge in [0.05, 0.1) is 9.30 Å². The van der Waals surface area contributed by atoms with Gasteiger partial charge >= 0.3 is 0 Å². The summed E-state index contributed by atoms with van der Waals surface area (Å²) in [7, 11) is 0. The molecule has 0 N–H and O–H groups in total. The van der Waals surface area contributed by atoms with Crippen LogP contribution in [0, 0.1) is 0 Å². The lowest BCUT2D eigenvalue weighted by molar-refractivity contribution is 0.823. The zero-order valence-electron chi connectivity index (χ0n) is 6.09. The summed E-state index contributed by atoms with van der Waals surface area (Å²) in [6, 6.07) is 0. The molecule has 0 amide bonds. The van der Waals surface area contributed by atoms with Crippen molar-refractivity contribution in [1.29, 1.82) is 0 Å². The largest absolute Gasteiger partial charge is 0.239 e. The summed E-state index contributed by atoms with van der Waals surface area (Å²) in [6.07, 6.45) is 4.51. The molecule has 0 fully saturated rings. The SMILES string of the molecule is CCC(Br)c1ncc(Br)cn1. The Morgan fingerprint density at radius 1 is 1.45 bits per heavy atom. The fourth-order valence-corrected chi connectivity index (χ4v) is 1.11. The zero-order chi connectivity index (χ0) is 8.27. The van der Waals surface area contributed by atoms with Crippen molar-refractivity contribution in [2.45, 2.75) is 18.2 Å². The van der Waals surface area contributed by atoms with Gasteiger partial charge in [0.1, 0.15) is 5.82 Å². The normalized spacial score (nSPS) is 13.0. The Morgan fingerprint density at radius 3 is 2.45 bits per heavy atom. The first kappa shape index (κ1) is 9.13. The molecule has 0 bridgehead atoms. The molecule has 4 heteroatoms. The first-order chi connectivity index (χ1) is 5.24. The Kier molecular flexibility index (Phi) is 3.45. The van der Waals surface area contributed by atoms with Crippen LogP contribution in [0.15, 0.2) is 16.9 Å². The van der Waals surface area contributed by atoms with Crippen LogP contribution in [0.1, 0.15) is 24.0 Å². The standard InChI is InChI=1S/C7H8Br2N2/c1-2-6(9)7-10-3-5(8)4-11-7/h3-4,6H,2H2,1H3. The fraction of sp³-hybridized carbons (Fsp3) is 0.429. The van der Waals surface area contributed by atoms with E-state index in [4.69, 9.17) is 0 Å². The van der Waals surface area contributed by atoms with E-state index in [0.717, 1.165) is 16.7 Å². The summed E-state index contributed by atoms with van der Waals surface area (Å²) in [5, 5.41) is 0. The van der Waals surface area contributed by atoms with Crippen LogP contribution in [-0.4, -0.2) is 9.97 Å². The number of nitrogens with zero attached hydrogens (tertiary/aromatic N) is 2. The third kappa shape index (κ3) is 2.52. The molecular formula is C7H8Br2N2. The average Bonchev–Trinajstić information content (AvgIpc) is 2.05. The first-order valence-electron chi connectivity index (χ1n) is 3.35. The highest BCUT2D eigenvalue weighted by Gasteiger charge is 2.06. The van der Waals surface area contributed by atoms with Crippen LogP contribution in [0.5, 0.6) is 0 Å². The highest BCUT2D eigenvalue weighted by molar-refractivity contribution is 9.10. The van der Waals surface area contributed by atoms with E-state index in [1.165, 1.54) is 0 Å². The molecule has 60 valence electrons. The first-order valence-corrected chi connectivity index (χ1v) is 5.06. The van der Waals surface area contributed by atoms with E-state index in [0.29, 0.717) is 0 Å². The zero-order valence-corrected chi connectivity index (χ0v) is 9.26. The Balaban J connectivity index is 2.81. The molecule has 1 unspecified atom stereocenters. The van der Waals surface area contributed by atoms with E-state index in [1.54, 1.807) is 12.4 Å². The van der Waals surface area contributed by atoms with Gasteiger partial charge in [-0.25, -0.2) is 9.97 Å². The Labute approximate surface area is 82.7 Å². The van der Waals surface area contributed by atoms with Crippen LogP contribution in [0.4, 0.5) is 0 Å². The van der Waals surface area contributed by atoms with Gasteiger partial charge in [-0.3, -0.25) is 0 Å². The van der Waals surface area contributed by atoms with Gasteiger partial charge in [-0.2, -0.15) is 0 Å². The average molecular weight is 280 g/mol. The lowest BCUT2D eigenvalue weighted by atomic mass is 10.3. The number of hydrogen-bond acceptors (Lipinski definition) is 2. The molecule has 0 spiro atoms. The topological polar surface area (TPSA) is 25.8 Å². The number of aromatic nitrogens is 2. The predicted octanol–water partition coefficient (Wildman–Crippen LogP) is 3.09. The molecule has 0 aliphatic heterocycles. The van der Waals surface area contributed by atoms with Gasteiger partial charge in [0.2, 0.25) is 0 Å². The maximum absolute atomic E-state index is 4.14. The van der Waals surface area contributed by atoms with Gasteiger partial charge in [-0.05, 0) is 22.4 Å². The Bertz CT molecular complexity index is 222. The van der Waals surface area contributed by atoms with Crippen LogP contribution in [0.3, 0.4) is 0 Å². The van der Waals surface area contributed by atoms with E-state index < -0.39 is 0 Å². The molecule has 2 nitrogen and oxygen atoms in total. The summed E-state index contributed by atoms with van der Waals surface area (Å²) >= 11 is 6.75. The Morgan fingerprint density at radius 2 is 2.00 bits per heavy atom. The van der Waals surface area contributed by atoms with Gasteiger partial charge in [-0.1, -0.05) is 22.9 Å². The van der Waals surface area contributed by atoms with Gasteiger partial charge in [0, 0.05) is 12.4 Å². The van der Waals surface area contributed by atoms with E-state index in [9.17, 15) is 0 Å². The van der Waals surface area contributed by atoms with Gasteiger partial charge < -0.3 is 0 Å². The summed E-state index contributed by atoms with van der Waals surface area (Å²) in [5.74, 6) is 0.843. The molecular weight excluding hydrogens is 272 g/mol. The van der Waals surface area contributed by atoms with Crippen molar-refractivity contribution in [3.63, 3.8) is 0 Å². The second-order valence-electron chi connectivity index (χ2n) is 2.14. The molecule has 0 aliphatic carbocycles. The van der Waals surface area contributed by atoms with Crippen molar-refractivity contribution in [2.75, 3.05) is 0 Å². The van der Waals surface area contributed by atoms with E-state index in [2.05, 4.69) is 48.8 Å². The quantitative estimate of drug-likeness (QED) is 0.778. The second-order valence-corrected chi connectivity index (χ2v) is 4.16. The molecule has 0 radical (unpaired) electrons. The summed E-state index contributed by atoms with van der Waals surface area (Å²) in [4.78, 5) is 8.56. The van der Waals surface area contributed by atoms with E-state index in [1.807, 2.05) is 0 Å². The van der Waals surface area contributed by atoms with E-state index >= 15 is 0 Å². The maximum Gasteiger partial charge on any atom is 0.141 e. The Hall–Kier alpha value is 0.0400. The lowest BCUT2D eigenvalue weighted by Gasteiger charge is -2.03. The molecule has 1 heterocycles. The molecule has 0 saturated carbocycles. The van der Waals surface area contributed by atoms with Crippen LogP contribution in [-0.2, 0) is 0 Å². The highest BCUT2D eigenvalue weighted by atomic mass is 79.9. The predicted molar refractivity (Wildman–Crippen MR) is 51.7 cm³/mol. The summed E-state index contributed by atoms with van der Waals surface area (Å²) < 4.78 is 0.914. The van der Waals surface area contributed by atoms with Crippen molar-refractivity contribution in [1.82, 2.24) is 9.97 Å². The van der Waals surface area contributed by atoms with Crippen LogP contribution in [0.2, 0.25) is 0 Å². The third-order valence-electron chi connectivity index (χ3n) is 1.28. The van der Waals surface area contributed by atoms with Crippen molar-refractivity contribution in [3.05, 3.63) is 22.7 Å². The molecule has 11 heavy (non-hydrogen) atoms. The summed E-state index contributed by atoms with van der Waals surface area (Å²) in [5.41, 5.74) is 0. The second kappa shape index (κ2) is 4.16. The molecule has 1 aromatic heterocycles. The van der Waals surface area contributed by atoms with Crippen molar-refractivity contribution in [2.24, 2.45) is 0 Å². The van der Waals surface area contributed by atoms with Crippen LogP contribution < -0.4 is 0 Å². The van der Waals surface area contributed by atoms with Crippen molar-refractivity contribution < 1.29 is 0 Å². The van der Waals surface area contributed by atoms with E-state index in [-0.39, 0.29) is 4.83 Å². The monoisotopic (exact) mass is 278 g/mol. The lowest BCUT2D eigenvalue weighted by Crippen LogP contribution is -1.95. The maximum atomic E-state index is 4.14. The van der Waals surface area contributed by atoms with Crippen LogP contribution in [0.25, 0.3) is 0 Å². The summed E-state index contributed by atoms with van der Waals surface area (Å²) in [6.45, 7) is 2.09. The fourth-order valence-electron chi connectivity index (χ4n) is 0.667. The number of hydrogen-bond donors (Lipinski definition) is 0. The van der Waals surface area contributed by atoms with Gasteiger partial charge in [-0.15, -0.1) is 0 Å². The minimum absolute atomic E-state index is 0.274. The van der Waals surface area contributed by atoms with Crippen molar-refractivity contribution >= 4 is 31.9 Å². The molecule has 1 aromatic rings. The smallest absolute Gasteiger partial charge is 0.141 e.